The summed E-state index contributed by atoms with van der Waals surface area (Å²) in [4.78, 5) is 0. The van der Waals surface area contributed by atoms with Crippen LogP contribution in [0.25, 0.3) is 0 Å². The molecule has 1 saturated heterocycles. The molecule has 1 heterocycles. The maximum absolute atomic E-state index is 13.9. The predicted octanol–water partition coefficient (Wildman–Crippen LogP) is 9.38. The van der Waals surface area contributed by atoms with E-state index < -0.39 is 11.4 Å². The Bertz CT molecular complexity index is 634. The molecule has 0 spiro atoms. The summed E-state index contributed by atoms with van der Waals surface area (Å²) in [6.45, 7) is 2.32. The third-order valence-corrected chi connectivity index (χ3v) is 12.1. The second kappa shape index (κ2) is 13.3. The first-order valence-electron chi connectivity index (χ1n) is 13.1. The summed E-state index contributed by atoms with van der Waals surface area (Å²) in [5.41, 5.74) is -0.849. The molecule has 0 nitrogen and oxygen atoms in total. The van der Waals surface area contributed by atoms with Crippen molar-refractivity contribution < 1.29 is 8.78 Å². The van der Waals surface area contributed by atoms with Gasteiger partial charge in [-0.3, -0.25) is 0 Å². The fourth-order valence-corrected chi connectivity index (χ4v) is 9.95. The van der Waals surface area contributed by atoms with E-state index in [1.165, 1.54) is 69.9 Å². The van der Waals surface area contributed by atoms with E-state index in [1.54, 1.807) is 31.0 Å². The highest BCUT2D eigenvalue weighted by Crippen LogP contribution is 2.42. The lowest BCUT2D eigenvalue weighted by molar-refractivity contribution is 0.184. The van der Waals surface area contributed by atoms with Crippen molar-refractivity contribution in [3.05, 3.63) is 35.1 Å². The molecule has 1 saturated carbocycles. The van der Waals surface area contributed by atoms with Crippen LogP contribution in [0.3, 0.4) is 0 Å². The normalized spacial score (nSPS) is 27.9. The smallest absolute Gasteiger partial charge is 0.201 e. The molecule has 2 aliphatic rings. The highest BCUT2D eigenvalue weighted by atomic mass is 35.5. The molecule has 176 valence electrons. The minimum Gasteiger partial charge on any atom is -0.225 e. The van der Waals surface area contributed by atoms with Crippen molar-refractivity contribution in [1.82, 2.24) is 0 Å². The Kier molecular flexibility index (Phi) is 10.8. The topological polar surface area (TPSA) is 0 Å². The average molecular weight is 469 g/mol. The molecule has 1 aromatic rings. The number of unbranched alkanes of at least 4 members (excludes halogenated alkanes) is 3. The van der Waals surface area contributed by atoms with Gasteiger partial charge < -0.3 is 0 Å². The molecule has 1 unspecified atom stereocenters. The van der Waals surface area contributed by atoms with Gasteiger partial charge in [-0.2, -0.15) is 0 Å². The second-order valence-electron chi connectivity index (χ2n) is 10.5. The van der Waals surface area contributed by atoms with Crippen LogP contribution in [0.2, 0.25) is 18.1 Å². The Balaban J connectivity index is 1.27. The molecule has 0 N–H and O–H groups in total. The molecule has 1 aliphatic heterocycles. The lowest BCUT2D eigenvalue weighted by atomic mass is 9.73. The van der Waals surface area contributed by atoms with Crippen molar-refractivity contribution in [1.29, 1.82) is 0 Å². The van der Waals surface area contributed by atoms with Crippen molar-refractivity contribution in [2.45, 2.75) is 114 Å². The SMILES string of the molecule is CCCCC[Si@H]1CC[C@H]([C@H]2CC[C@H](CCCCc3ccc(C(F)Cl)c(F)c3)CC2)CC1. The molecule has 0 bridgehead atoms. The standard InChI is InChI=1S/C27H43ClF2Si/c1-2-3-6-17-31-18-15-24(16-19-31)23-12-9-21(10-13-23)7-4-5-8-22-11-14-25(27(28)30)26(29)20-22/h11,14,20-21,23-24,27,31H,2-10,12-13,15-19H2,1H3/t21-,23-,24-,27?,31-. The van der Waals surface area contributed by atoms with Crippen LogP contribution in [0.5, 0.6) is 0 Å². The lowest BCUT2D eigenvalue weighted by Crippen LogP contribution is -2.28. The Labute approximate surface area is 196 Å². The number of rotatable bonds is 11. The summed E-state index contributed by atoms with van der Waals surface area (Å²) in [5, 5.41) is 0. The molecule has 31 heavy (non-hydrogen) atoms. The van der Waals surface area contributed by atoms with Crippen LogP contribution in [0.15, 0.2) is 18.2 Å². The minimum atomic E-state index is -1.76. The molecule has 3 rings (SSSR count). The third-order valence-electron chi connectivity index (χ3n) is 8.29. The zero-order chi connectivity index (χ0) is 22.1. The van der Waals surface area contributed by atoms with Crippen molar-refractivity contribution in [2.75, 3.05) is 0 Å². The Morgan fingerprint density at radius 3 is 2.32 bits per heavy atom. The molecule has 4 heteroatoms. The van der Waals surface area contributed by atoms with Crippen LogP contribution >= 0.6 is 11.6 Å². The molecule has 0 radical (unpaired) electrons. The number of halogens is 3. The number of hydrogen-bond donors (Lipinski definition) is 0. The summed E-state index contributed by atoms with van der Waals surface area (Å²) in [5.74, 6) is 2.45. The molecule has 1 aromatic carbocycles. The molecular weight excluding hydrogens is 426 g/mol. The van der Waals surface area contributed by atoms with Crippen molar-refractivity contribution in [3.8, 4) is 0 Å². The summed E-state index contributed by atoms with van der Waals surface area (Å²) in [6.07, 6.45) is 17.7. The first-order valence-corrected chi connectivity index (χ1v) is 16.0. The van der Waals surface area contributed by atoms with Crippen LogP contribution in [0, 0.1) is 23.6 Å². The van der Waals surface area contributed by atoms with Gasteiger partial charge in [-0.1, -0.05) is 107 Å². The van der Waals surface area contributed by atoms with E-state index in [1.807, 2.05) is 6.07 Å². The van der Waals surface area contributed by atoms with E-state index in [0.717, 1.165) is 36.2 Å². The van der Waals surface area contributed by atoms with E-state index in [-0.39, 0.29) is 14.4 Å². The van der Waals surface area contributed by atoms with Crippen molar-refractivity contribution in [2.24, 2.45) is 17.8 Å². The highest BCUT2D eigenvalue weighted by molar-refractivity contribution is 6.58. The van der Waals surface area contributed by atoms with Crippen LogP contribution < -0.4 is 0 Å². The zero-order valence-corrected chi connectivity index (χ0v) is 21.5. The van der Waals surface area contributed by atoms with E-state index in [9.17, 15) is 8.78 Å². The zero-order valence-electron chi connectivity index (χ0n) is 19.6. The Morgan fingerprint density at radius 1 is 0.968 bits per heavy atom. The van der Waals surface area contributed by atoms with E-state index in [2.05, 4.69) is 6.92 Å². The largest absolute Gasteiger partial charge is 0.225 e. The van der Waals surface area contributed by atoms with Gasteiger partial charge in [0.1, 0.15) is 5.82 Å². The van der Waals surface area contributed by atoms with Gasteiger partial charge in [0.05, 0.1) is 0 Å². The second-order valence-corrected chi connectivity index (χ2v) is 14.3. The summed E-state index contributed by atoms with van der Waals surface area (Å²) in [6, 6.07) is 9.65. The molecule has 2 fully saturated rings. The summed E-state index contributed by atoms with van der Waals surface area (Å²) < 4.78 is 26.9. The monoisotopic (exact) mass is 468 g/mol. The maximum atomic E-state index is 13.9. The van der Waals surface area contributed by atoms with Gasteiger partial charge in [-0.15, -0.1) is 0 Å². The van der Waals surface area contributed by atoms with Crippen molar-refractivity contribution >= 4 is 20.4 Å². The number of benzene rings is 1. The summed E-state index contributed by atoms with van der Waals surface area (Å²) >= 11 is 5.36. The average Bonchev–Trinajstić information content (AvgIpc) is 2.78. The van der Waals surface area contributed by atoms with Gasteiger partial charge >= 0.3 is 0 Å². The van der Waals surface area contributed by atoms with Gasteiger partial charge in [0.15, 0.2) is 0 Å². The lowest BCUT2D eigenvalue weighted by Gasteiger charge is -2.37. The van der Waals surface area contributed by atoms with Gasteiger partial charge in [0, 0.05) is 14.4 Å². The van der Waals surface area contributed by atoms with Gasteiger partial charge in [-0.05, 0) is 55.1 Å². The number of alkyl halides is 2. The number of aryl methyl sites for hydroxylation is 1. The Morgan fingerprint density at radius 2 is 1.68 bits per heavy atom. The van der Waals surface area contributed by atoms with Gasteiger partial charge in [0.2, 0.25) is 5.63 Å². The van der Waals surface area contributed by atoms with Crippen LogP contribution in [-0.2, 0) is 6.42 Å². The predicted molar refractivity (Wildman–Crippen MR) is 133 cm³/mol. The first kappa shape index (κ1) is 25.2. The first-order chi connectivity index (χ1) is 15.1. The van der Waals surface area contributed by atoms with Crippen LogP contribution in [0.4, 0.5) is 8.78 Å². The molecule has 1 aliphatic carbocycles. The molecule has 0 amide bonds. The number of hydrogen-bond acceptors (Lipinski definition) is 0. The molecular formula is C27H43ClF2Si. The third kappa shape index (κ3) is 8.14. The maximum Gasteiger partial charge on any atom is 0.201 e. The minimum absolute atomic E-state index is 0.0468. The highest BCUT2D eigenvalue weighted by Gasteiger charge is 2.30. The van der Waals surface area contributed by atoms with Crippen LogP contribution in [0.1, 0.15) is 101 Å². The van der Waals surface area contributed by atoms with E-state index in [0.29, 0.717) is 0 Å². The molecule has 0 aromatic heterocycles. The van der Waals surface area contributed by atoms with E-state index >= 15 is 0 Å². The Hall–Kier alpha value is -0.413. The quantitative estimate of drug-likeness (QED) is 0.172. The van der Waals surface area contributed by atoms with Crippen molar-refractivity contribution in [3.63, 3.8) is 0 Å². The fraction of sp³-hybridized carbons (Fsp3) is 0.778. The van der Waals surface area contributed by atoms with Gasteiger partial charge in [0.25, 0.3) is 0 Å². The van der Waals surface area contributed by atoms with E-state index in [4.69, 9.17) is 11.6 Å². The van der Waals surface area contributed by atoms with Gasteiger partial charge in [-0.25, -0.2) is 8.78 Å². The summed E-state index contributed by atoms with van der Waals surface area (Å²) in [7, 11) is -0.368. The molecule has 1 atom stereocenters. The fourth-order valence-electron chi connectivity index (χ4n) is 6.24. The van der Waals surface area contributed by atoms with Crippen LogP contribution in [-0.4, -0.2) is 8.80 Å².